The Kier molecular flexibility index (Phi) is 36.4. The van der Waals surface area contributed by atoms with Crippen LogP contribution in [0.1, 0.15) is 227 Å². The van der Waals surface area contributed by atoms with Gasteiger partial charge in [-0.15, -0.1) is 0 Å². The van der Waals surface area contributed by atoms with Crippen molar-refractivity contribution in [2.45, 2.75) is 227 Å². The lowest BCUT2D eigenvalue weighted by molar-refractivity contribution is -0.148. The molecule has 0 heterocycles. The van der Waals surface area contributed by atoms with Gasteiger partial charge in [-0.25, -0.2) is 0 Å². The molecule has 6 nitrogen and oxygen atoms in total. The third kappa shape index (κ3) is 35.6. The lowest BCUT2D eigenvalue weighted by Gasteiger charge is -2.25. The van der Waals surface area contributed by atoms with Crippen molar-refractivity contribution in [1.82, 2.24) is 4.90 Å². The van der Waals surface area contributed by atoms with Crippen LogP contribution in [0.3, 0.4) is 0 Å². The Bertz CT molecular complexity index is 743. The first kappa shape index (κ1) is 49.9. The first-order valence-electron chi connectivity index (χ1n) is 22.4. The molecule has 0 aliphatic rings. The standard InChI is InChI=1S/C45H89NO5/c1-6-9-12-15-16-22-30-39-50-43(48)33-26-20-17-21-28-35-46(37-38-47)36-29-23-27-34-45(4,5)41-51-44(49)40-42(31-24-18-13-10-7-2)32-25-19-14-11-8-3/h42,47H,6-41H2,1-5H3. The third-order valence-electron chi connectivity index (χ3n) is 10.6. The van der Waals surface area contributed by atoms with Gasteiger partial charge >= 0.3 is 11.9 Å². The highest BCUT2D eigenvalue weighted by Gasteiger charge is 2.22. The SMILES string of the molecule is CCCCCCCCCOC(=O)CCCCCCCN(CCO)CCCCCC(C)(C)COC(=O)CC(CCCCCCC)CCCCCCC. The van der Waals surface area contributed by atoms with Crippen LogP contribution in [0.2, 0.25) is 0 Å². The minimum absolute atomic E-state index is 0.000532. The summed E-state index contributed by atoms with van der Waals surface area (Å²) in [5.41, 5.74) is 0.000532. The van der Waals surface area contributed by atoms with Gasteiger partial charge in [0.15, 0.2) is 0 Å². The van der Waals surface area contributed by atoms with Crippen LogP contribution in [0.15, 0.2) is 0 Å². The van der Waals surface area contributed by atoms with Gasteiger partial charge in [-0.3, -0.25) is 9.59 Å². The molecule has 0 atom stereocenters. The highest BCUT2D eigenvalue weighted by Crippen LogP contribution is 2.26. The summed E-state index contributed by atoms with van der Waals surface area (Å²) in [4.78, 5) is 27.3. The highest BCUT2D eigenvalue weighted by molar-refractivity contribution is 5.69. The molecule has 0 radical (unpaired) electrons. The van der Waals surface area contributed by atoms with Gasteiger partial charge in [0.1, 0.15) is 0 Å². The molecular weight excluding hydrogens is 634 g/mol. The van der Waals surface area contributed by atoms with Gasteiger partial charge < -0.3 is 19.5 Å². The summed E-state index contributed by atoms with van der Waals surface area (Å²) in [5.74, 6) is 0.451. The van der Waals surface area contributed by atoms with E-state index in [1.165, 1.54) is 122 Å². The zero-order chi connectivity index (χ0) is 37.7. The van der Waals surface area contributed by atoms with E-state index in [2.05, 4.69) is 39.5 Å². The Morgan fingerprint density at radius 2 is 1.02 bits per heavy atom. The predicted octanol–water partition coefficient (Wildman–Crippen LogP) is 12.8. The second-order valence-corrected chi connectivity index (χ2v) is 16.5. The second-order valence-electron chi connectivity index (χ2n) is 16.5. The molecule has 0 aliphatic heterocycles. The maximum atomic E-state index is 12.9. The van der Waals surface area contributed by atoms with Crippen LogP contribution in [-0.2, 0) is 19.1 Å². The number of aliphatic hydroxyl groups is 1. The summed E-state index contributed by atoms with van der Waals surface area (Å²) in [5, 5.41) is 9.58. The molecule has 0 aromatic rings. The van der Waals surface area contributed by atoms with E-state index in [1.807, 2.05) is 0 Å². The molecule has 0 saturated carbocycles. The van der Waals surface area contributed by atoms with Gasteiger partial charge in [0.25, 0.3) is 0 Å². The van der Waals surface area contributed by atoms with E-state index in [4.69, 9.17) is 9.47 Å². The number of aliphatic hydroxyl groups excluding tert-OH is 1. The number of unbranched alkanes of at least 4 members (excludes halogenated alkanes) is 20. The number of hydrogen-bond acceptors (Lipinski definition) is 6. The minimum Gasteiger partial charge on any atom is -0.466 e. The molecule has 304 valence electrons. The molecule has 0 aromatic carbocycles. The Hall–Kier alpha value is -1.14. The Morgan fingerprint density at radius 3 is 1.57 bits per heavy atom. The van der Waals surface area contributed by atoms with Crippen LogP contribution in [0.4, 0.5) is 0 Å². The van der Waals surface area contributed by atoms with E-state index >= 15 is 0 Å². The zero-order valence-corrected chi connectivity index (χ0v) is 35.1. The number of carbonyl (C=O) groups excluding carboxylic acids is 2. The van der Waals surface area contributed by atoms with Crippen LogP contribution >= 0.6 is 0 Å². The highest BCUT2D eigenvalue weighted by atomic mass is 16.5. The van der Waals surface area contributed by atoms with Crippen LogP contribution in [0.5, 0.6) is 0 Å². The number of nitrogens with zero attached hydrogens (tertiary/aromatic N) is 1. The summed E-state index contributed by atoms with van der Waals surface area (Å²) in [6.45, 7) is 15.3. The van der Waals surface area contributed by atoms with E-state index in [0.29, 0.717) is 32.0 Å². The van der Waals surface area contributed by atoms with Gasteiger partial charge in [0, 0.05) is 19.4 Å². The summed E-state index contributed by atoms with van der Waals surface area (Å²) in [7, 11) is 0. The molecule has 0 aliphatic carbocycles. The maximum absolute atomic E-state index is 12.9. The van der Waals surface area contributed by atoms with Gasteiger partial charge in [-0.05, 0) is 69.4 Å². The summed E-state index contributed by atoms with van der Waals surface area (Å²) >= 11 is 0. The number of carbonyl (C=O) groups is 2. The molecule has 0 amide bonds. The van der Waals surface area contributed by atoms with E-state index in [1.54, 1.807) is 0 Å². The zero-order valence-electron chi connectivity index (χ0n) is 35.1. The maximum Gasteiger partial charge on any atom is 0.306 e. The fraction of sp³-hybridized carbons (Fsp3) is 0.956. The molecule has 0 rings (SSSR count). The molecule has 6 heteroatoms. The number of ether oxygens (including phenoxy) is 2. The van der Waals surface area contributed by atoms with Crippen molar-refractivity contribution in [2.75, 3.05) is 39.5 Å². The molecule has 0 aromatic heterocycles. The Labute approximate surface area is 318 Å². The molecule has 51 heavy (non-hydrogen) atoms. The largest absolute Gasteiger partial charge is 0.466 e. The first-order valence-corrected chi connectivity index (χ1v) is 22.4. The smallest absolute Gasteiger partial charge is 0.306 e. The number of hydrogen-bond donors (Lipinski definition) is 1. The van der Waals surface area contributed by atoms with Gasteiger partial charge in [0.05, 0.1) is 19.8 Å². The molecule has 0 saturated heterocycles. The average molecular weight is 724 g/mol. The van der Waals surface area contributed by atoms with Crippen molar-refractivity contribution < 1.29 is 24.2 Å². The molecule has 0 fully saturated rings. The average Bonchev–Trinajstić information content (AvgIpc) is 3.10. The molecular formula is C45H89NO5. The molecule has 0 unspecified atom stereocenters. The van der Waals surface area contributed by atoms with Crippen molar-refractivity contribution in [3.05, 3.63) is 0 Å². The summed E-state index contributed by atoms with van der Waals surface area (Å²) in [6.07, 6.45) is 35.0. The van der Waals surface area contributed by atoms with Crippen molar-refractivity contribution in [3.63, 3.8) is 0 Å². The van der Waals surface area contributed by atoms with E-state index < -0.39 is 0 Å². The van der Waals surface area contributed by atoms with Crippen molar-refractivity contribution in [3.8, 4) is 0 Å². The monoisotopic (exact) mass is 724 g/mol. The summed E-state index contributed by atoms with van der Waals surface area (Å²) < 4.78 is 11.3. The predicted molar refractivity (Wildman–Crippen MR) is 218 cm³/mol. The lowest BCUT2D eigenvalue weighted by Crippen LogP contribution is -2.29. The normalized spacial score (nSPS) is 11.9. The van der Waals surface area contributed by atoms with E-state index in [0.717, 1.165) is 77.4 Å². The summed E-state index contributed by atoms with van der Waals surface area (Å²) in [6, 6.07) is 0. The number of rotatable bonds is 40. The van der Waals surface area contributed by atoms with Crippen molar-refractivity contribution in [2.24, 2.45) is 11.3 Å². The van der Waals surface area contributed by atoms with Gasteiger partial charge in [-0.2, -0.15) is 0 Å². The quantitative estimate of drug-likeness (QED) is 0.0501. The van der Waals surface area contributed by atoms with Gasteiger partial charge in [0.2, 0.25) is 0 Å². The van der Waals surface area contributed by atoms with Crippen LogP contribution in [0.25, 0.3) is 0 Å². The van der Waals surface area contributed by atoms with Gasteiger partial charge in [-0.1, -0.05) is 169 Å². The molecule has 1 N–H and O–H groups in total. The Morgan fingerprint density at radius 1 is 0.549 bits per heavy atom. The minimum atomic E-state index is -0.0322. The topological polar surface area (TPSA) is 76.1 Å². The fourth-order valence-electron chi connectivity index (χ4n) is 7.11. The Balaban J connectivity index is 4.09. The second kappa shape index (κ2) is 37.2. The lowest BCUT2D eigenvalue weighted by atomic mass is 9.87. The molecule has 0 bridgehead atoms. The first-order chi connectivity index (χ1) is 24.8. The van der Waals surface area contributed by atoms with E-state index in [9.17, 15) is 14.7 Å². The van der Waals surface area contributed by atoms with Crippen LogP contribution in [-0.4, -0.2) is 61.4 Å². The molecule has 0 spiro atoms. The van der Waals surface area contributed by atoms with Crippen LogP contribution in [0, 0.1) is 11.3 Å². The van der Waals surface area contributed by atoms with Crippen molar-refractivity contribution >= 4 is 11.9 Å². The van der Waals surface area contributed by atoms with Crippen molar-refractivity contribution in [1.29, 1.82) is 0 Å². The third-order valence-corrected chi connectivity index (χ3v) is 10.6. The number of esters is 2. The van der Waals surface area contributed by atoms with E-state index in [-0.39, 0.29) is 24.0 Å². The fourth-order valence-corrected chi connectivity index (χ4v) is 7.11. The van der Waals surface area contributed by atoms with Crippen LogP contribution < -0.4 is 0 Å².